The summed E-state index contributed by atoms with van der Waals surface area (Å²) in [5.41, 5.74) is 8.11. The van der Waals surface area contributed by atoms with Crippen molar-refractivity contribution in [1.29, 1.82) is 0 Å². The van der Waals surface area contributed by atoms with Crippen LogP contribution in [0, 0.1) is 0 Å². The quantitative estimate of drug-likeness (QED) is 0.822. The van der Waals surface area contributed by atoms with E-state index >= 15 is 0 Å². The zero-order valence-electron chi connectivity index (χ0n) is 11.3. The molecule has 1 amide bonds. The van der Waals surface area contributed by atoms with Crippen molar-refractivity contribution in [1.82, 2.24) is 9.88 Å². The Morgan fingerprint density at radius 1 is 1.37 bits per heavy atom. The van der Waals surface area contributed by atoms with Gasteiger partial charge in [0, 0.05) is 37.1 Å². The number of rotatable bonds is 3. The third kappa shape index (κ3) is 2.76. The molecule has 2 aromatic rings. The van der Waals surface area contributed by atoms with Gasteiger partial charge in [-0.1, -0.05) is 0 Å². The van der Waals surface area contributed by atoms with E-state index in [1.807, 2.05) is 31.2 Å². The van der Waals surface area contributed by atoms with E-state index in [0.29, 0.717) is 5.69 Å². The molecule has 1 aromatic heterocycles. The summed E-state index contributed by atoms with van der Waals surface area (Å²) < 4.78 is 0. The van der Waals surface area contributed by atoms with Gasteiger partial charge in [0.15, 0.2) is 0 Å². The monoisotopic (exact) mass is 258 g/mol. The van der Waals surface area contributed by atoms with E-state index in [4.69, 9.17) is 5.73 Å². The van der Waals surface area contributed by atoms with E-state index in [1.54, 1.807) is 25.2 Å². The summed E-state index contributed by atoms with van der Waals surface area (Å²) >= 11 is 0. The van der Waals surface area contributed by atoms with Crippen molar-refractivity contribution in [2.45, 2.75) is 13.0 Å². The van der Waals surface area contributed by atoms with Gasteiger partial charge in [0.1, 0.15) is 6.04 Å². The first kappa shape index (κ1) is 13.1. The maximum absolute atomic E-state index is 11.9. The third-order valence-electron chi connectivity index (χ3n) is 2.95. The van der Waals surface area contributed by atoms with Crippen molar-refractivity contribution in [2.75, 3.05) is 25.1 Å². The van der Waals surface area contributed by atoms with E-state index < -0.39 is 0 Å². The van der Waals surface area contributed by atoms with Crippen LogP contribution in [0.4, 0.5) is 11.4 Å². The Hall–Kier alpha value is -2.30. The number of aromatic nitrogens is 1. The van der Waals surface area contributed by atoms with Crippen LogP contribution in [0.1, 0.15) is 6.92 Å². The summed E-state index contributed by atoms with van der Waals surface area (Å²) in [5.74, 6) is 0.0282. The lowest BCUT2D eigenvalue weighted by Gasteiger charge is -2.19. The molecule has 0 aliphatic carbocycles. The van der Waals surface area contributed by atoms with E-state index in [-0.39, 0.29) is 11.9 Å². The van der Waals surface area contributed by atoms with Crippen molar-refractivity contribution in [3.8, 4) is 0 Å². The minimum absolute atomic E-state index is 0.0282. The second-order valence-electron chi connectivity index (χ2n) is 4.73. The standard InChI is InChI=1S/C14H18N4O/c1-9(14(19)18(2)3)17-12-6-7-16-13-8-10(15)4-5-11(12)13/h4-9H,15H2,1-3H3,(H,16,17). The molecule has 1 atom stereocenters. The number of carbonyl (C=O) groups is 1. The van der Waals surface area contributed by atoms with Crippen molar-refractivity contribution in [3.05, 3.63) is 30.5 Å². The molecule has 0 bridgehead atoms. The molecule has 0 aliphatic rings. The van der Waals surface area contributed by atoms with Gasteiger partial charge in [0.05, 0.1) is 5.52 Å². The normalized spacial score (nSPS) is 12.2. The number of carbonyl (C=O) groups excluding carboxylic acids is 1. The van der Waals surface area contributed by atoms with Gasteiger partial charge < -0.3 is 16.0 Å². The Balaban J connectivity index is 2.33. The first-order chi connectivity index (χ1) is 8.99. The second-order valence-corrected chi connectivity index (χ2v) is 4.73. The van der Waals surface area contributed by atoms with Crippen molar-refractivity contribution in [2.24, 2.45) is 0 Å². The number of nitrogens with one attached hydrogen (secondary N) is 1. The van der Waals surface area contributed by atoms with Crippen LogP contribution in [0.3, 0.4) is 0 Å². The third-order valence-corrected chi connectivity index (χ3v) is 2.95. The molecule has 0 fully saturated rings. The molecular formula is C14H18N4O. The molecular weight excluding hydrogens is 240 g/mol. The fourth-order valence-corrected chi connectivity index (χ4v) is 1.97. The average Bonchev–Trinajstić information content (AvgIpc) is 2.37. The molecule has 0 saturated heterocycles. The maximum Gasteiger partial charge on any atom is 0.244 e. The largest absolute Gasteiger partial charge is 0.399 e. The number of nitrogens with two attached hydrogens (primary N) is 1. The minimum atomic E-state index is -0.293. The van der Waals surface area contributed by atoms with Crippen LogP contribution in [0.25, 0.3) is 10.9 Å². The van der Waals surface area contributed by atoms with Crippen LogP contribution in [-0.4, -0.2) is 35.9 Å². The fraction of sp³-hybridized carbons (Fsp3) is 0.286. The second kappa shape index (κ2) is 5.14. The fourth-order valence-electron chi connectivity index (χ4n) is 1.97. The van der Waals surface area contributed by atoms with Crippen LogP contribution in [-0.2, 0) is 4.79 Å². The number of nitrogen functional groups attached to an aromatic ring is 1. The maximum atomic E-state index is 11.9. The number of pyridine rings is 1. The predicted molar refractivity (Wildman–Crippen MR) is 77.9 cm³/mol. The zero-order valence-corrected chi connectivity index (χ0v) is 11.3. The molecule has 0 saturated carbocycles. The van der Waals surface area contributed by atoms with E-state index in [0.717, 1.165) is 16.6 Å². The highest BCUT2D eigenvalue weighted by Gasteiger charge is 2.15. The van der Waals surface area contributed by atoms with Crippen molar-refractivity contribution in [3.63, 3.8) is 0 Å². The van der Waals surface area contributed by atoms with Gasteiger partial charge in [-0.15, -0.1) is 0 Å². The number of nitrogens with zero attached hydrogens (tertiary/aromatic N) is 2. The molecule has 3 N–H and O–H groups in total. The lowest BCUT2D eigenvalue weighted by atomic mass is 10.1. The number of fused-ring (bicyclic) bond motifs is 1. The lowest BCUT2D eigenvalue weighted by Crippen LogP contribution is -2.36. The number of hydrogen-bond acceptors (Lipinski definition) is 4. The Labute approximate surface area is 112 Å². The first-order valence-corrected chi connectivity index (χ1v) is 6.11. The predicted octanol–water partition coefficient (Wildman–Crippen LogP) is 1.71. The summed E-state index contributed by atoms with van der Waals surface area (Å²) in [6, 6.07) is 7.12. The van der Waals surface area contributed by atoms with Gasteiger partial charge >= 0.3 is 0 Å². The highest BCUT2D eigenvalue weighted by molar-refractivity contribution is 5.94. The number of benzene rings is 1. The van der Waals surface area contributed by atoms with Gasteiger partial charge in [0.25, 0.3) is 0 Å². The molecule has 100 valence electrons. The van der Waals surface area contributed by atoms with E-state index in [1.165, 1.54) is 0 Å². The number of hydrogen-bond donors (Lipinski definition) is 2. The van der Waals surface area contributed by atoms with Gasteiger partial charge in [-0.05, 0) is 31.2 Å². The van der Waals surface area contributed by atoms with Gasteiger partial charge in [0.2, 0.25) is 5.91 Å². The molecule has 0 spiro atoms. The summed E-state index contributed by atoms with van der Waals surface area (Å²) in [6.45, 7) is 1.84. The van der Waals surface area contributed by atoms with Gasteiger partial charge in [-0.2, -0.15) is 0 Å². The molecule has 19 heavy (non-hydrogen) atoms. The Morgan fingerprint density at radius 3 is 2.79 bits per heavy atom. The Bertz CT molecular complexity index is 609. The SMILES string of the molecule is CC(Nc1ccnc2cc(N)ccc12)C(=O)N(C)C. The van der Waals surface area contributed by atoms with Crippen molar-refractivity contribution >= 4 is 28.2 Å². The first-order valence-electron chi connectivity index (χ1n) is 6.11. The average molecular weight is 258 g/mol. The van der Waals surface area contributed by atoms with Gasteiger partial charge in [-0.3, -0.25) is 9.78 Å². The number of likely N-dealkylation sites (N-methyl/N-ethyl adjacent to an activating group) is 1. The van der Waals surface area contributed by atoms with E-state index in [9.17, 15) is 4.79 Å². The highest BCUT2D eigenvalue weighted by Crippen LogP contribution is 2.23. The number of amides is 1. The molecule has 5 heteroatoms. The lowest BCUT2D eigenvalue weighted by molar-refractivity contribution is -0.129. The van der Waals surface area contributed by atoms with Gasteiger partial charge in [-0.25, -0.2) is 0 Å². The number of anilines is 2. The molecule has 1 heterocycles. The highest BCUT2D eigenvalue weighted by atomic mass is 16.2. The molecule has 1 aromatic carbocycles. The topological polar surface area (TPSA) is 71.2 Å². The van der Waals surface area contributed by atoms with Crippen LogP contribution >= 0.6 is 0 Å². The summed E-state index contributed by atoms with van der Waals surface area (Å²) in [5, 5.41) is 4.17. The summed E-state index contributed by atoms with van der Waals surface area (Å²) in [7, 11) is 3.48. The summed E-state index contributed by atoms with van der Waals surface area (Å²) in [4.78, 5) is 17.7. The molecule has 0 aliphatic heterocycles. The zero-order chi connectivity index (χ0) is 14.0. The molecule has 5 nitrogen and oxygen atoms in total. The van der Waals surface area contributed by atoms with Crippen LogP contribution in [0.15, 0.2) is 30.5 Å². The van der Waals surface area contributed by atoms with Crippen LogP contribution < -0.4 is 11.1 Å². The smallest absolute Gasteiger partial charge is 0.244 e. The molecule has 2 rings (SSSR count). The molecule has 0 radical (unpaired) electrons. The summed E-state index contributed by atoms with van der Waals surface area (Å²) in [6.07, 6.45) is 1.71. The minimum Gasteiger partial charge on any atom is -0.399 e. The molecule has 1 unspecified atom stereocenters. The van der Waals surface area contributed by atoms with Crippen LogP contribution in [0.5, 0.6) is 0 Å². The van der Waals surface area contributed by atoms with Crippen LogP contribution in [0.2, 0.25) is 0 Å². The Morgan fingerprint density at radius 2 is 2.11 bits per heavy atom. The van der Waals surface area contributed by atoms with Crippen molar-refractivity contribution < 1.29 is 4.79 Å². The van der Waals surface area contributed by atoms with E-state index in [2.05, 4.69) is 10.3 Å². The Kier molecular flexibility index (Phi) is 3.55.